The highest BCUT2D eigenvalue weighted by molar-refractivity contribution is 5.80. The average Bonchev–Trinajstić information content (AvgIpc) is 2.73. The Bertz CT molecular complexity index is 245. The van der Waals surface area contributed by atoms with Gasteiger partial charge in [-0.3, -0.25) is 4.79 Å². The summed E-state index contributed by atoms with van der Waals surface area (Å²) in [5.41, 5.74) is 0.345. The van der Waals surface area contributed by atoms with E-state index in [9.17, 15) is 4.79 Å². The summed E-state index contributed by atoms with van der Waals surface area (Å²) in [5.74, 6) is 0.715. The Balaban J connectivity index is 2.47. The number of hydrogen-bond donors (Lipinski definition) is 1. The van der Waals surface area contributed by atoms with Gasteiger partial charge < -0.3 is 10.1 Å². The van der Waals surface area contributed by atoms with Gasteiger partial charge in [-0.1, -0.05) is 26.7 Å². The molecule has 0 heterocycles. The normalized spacial score (nSPS) is 20.5. The topological polar surface area (TPSA) is 38.3 Å². The molecule has 0 saturated heterocycles. The highest BCUT2D eigenvalue weighted by Crippen LogP contribution is 2.42. The fraction of sp³-hybridized carbons (Fsp3) is 0.929. The van der Waals surface area contributed by atoms with E-state index in [0.717, 1.165) is 6.54 Å². The van der Waals surface area contributed by atoms with E-state index >= 15 is 0 Å². The van der Waals surface area contributed by atoms with Crippen LogP contribution in [0.15, 0.2) is 0 Å². The van der Waals surface area contributed by atoms with E-state index in [1.54, 1.807) is 14.0 Å². The van der Waals surface area contributed by atoms with Crippen molar-refractivity contribution < 1.29 is 9.53 Å². The molecule has 1 unspecified atom stereocenters. The molecule has 0 radical (unpaired) electrons. The lowest BCUT2D eigenvalue weighted by molar-refractivity contribution is -0.130. The number of methoxy groups -OCH3 is 1. The van der Waals surface area contributed by atoms with Crippen LogP contribution in [0, 0.1) is 11.3 Å². The van der Waals surface area contributed by atoms with Crippen LogP contribution in [0.3, 0.4) is 0 Å². The highest BCUT2D eigenvalue weighted by atomic mass is 16.5. The van der Waals surface area contributed by atoms with Gasteiger partial charge in [-0.25, -0.2) is 0 Å². The number of ether oxygens (including phenoxy) is 1. The van der Waals surface area contributed by atoms with Crippen molar-refractivity contribution in [3.8, 4) is 0 Å². The van der Waals surface area contributed by atoms with Gasteiger partial charge in [0.25, 0.3) is 0 Å². The SMILES string of the molecule is COC(C)C(=O)NCC1(CC(C)C)CCCC1. The van der Waals surface area contributed by atoms with Crippen molar-refractivity contribution in [1.29, 1.82) is 0 Å². The summed E-state index contributed by atoms with van der Waals surface area (Å²) in [4.78, 5) is 11.7. The molecule has 3 nitrogen and oxygen atoms in total. The number of hydrogen-bond acceptors (Lipinski definition) is 2. The van der Waals surface area contributed by atoms with Gasteiger partial charge in [-0.05, 0) is 37.5 Å². The first-order chi connectivity index (χ1) is 7.99. The lowest BCUT2D eigenvalue weighted by Gasteiger charge is -2.31. The van der Waals surface area contributed by atoms with Crippen LogP contribution in [-0.4, -0.2) is 25.7 Å². The Morgan fingerprint density at radius 3 is 2.35 bits per heavy atom. The third-order valence-corrected chi connectivity index (χ3v) is 3.87. The van der Waals surface area contributed by atoms with E-state index in [-0.39, 0.29) is 12.0 Å². The molecule has 100 valence electrons. The van der Waals surface area contributed by atoms with Crippen molar-refractivity contribution >= 4 is 5.91 Å². The zero-order chi connectivity index (χ0) is 12.9. The second-order valence-electron chi connectivity index (χ2n) is 5.90. The van der Waals surface area contributed by atoms with Crippen molar-refractivity contribution in [2.24, 2.45) is 11.3 Å². The molecular formula is C14H27NO2. The largest absolute Gasteiger partial charge is 0.372 e. The number of carbonyl (C=O) groups is 1. The van der Waals surface area contributed by atoms with Crippen LogP contribution in [0.5, 0.6) is 0 Å². The monoisotopic (exact) mass is 241 g/mol. The van der Waals surface area contributed by atoms with Gasteiger partial charge in [0.05, 0.1) is 0 Å². The molecule has 1 atom stereocenters. The molecule has 1 aliphatic carbocycles. The Labute approximate surface area is 105 Å². The standard InChI is InChI=1S/C14H27NO2/c1-11(2)9-14(7-5-6-8-14)10-15-13(16)12(3)17-4/h11-12H,5-10H2,1-4H3,(H,15,16). The second-order valence-corrected chi connectivity index (χ2v) is 5.90. The summed E-state index contributed by atoms with van der Waals surface area (Å²) < 4.78 is 5.03. The maximum absolute atomic E-state index is 11.7. The predicted octanol–water partition coefficient (Wildman–Crippen LogP) is 2.74. The fourth-order valence-electron chi connectivity index (χ4n) is 2.97. The predicted molar refractivity (Wildman–Crippen MR) is 69.8 cm³/mol. The number of rotatable bonds is 6. The Hall–Kier alpha value is -0.570. The summed E-state index contributed by atoms with van der Waals surface area (Å²) in [7, 11) is 1.57. The van der Waals surface area contributed by atoms with Crippen LogP contribution >= 0.6 is 0 Å². The van der Waals surface area contributed by atoms with Crippen molar-refractivity contribution in [2.45, 2.75) is 59.0 Å². The van der Waals surface area contributed by atoms with Gasteiger partial charge in [0.15, 0.2) is 0 Å². The molecule has 0 aromatic heterocycles. The zero-order valence-electron chi connectivity index (χ0n) is 11.7. The van der Waals surface area contributed by atoms with Crippen LogP contribution in [0.25, 0.3) is 0 Å². The Morgan fingerprint density at radius 1 is 1.29 bits per heavy atom. The summed E-state index contributed by atoms with van der Waals surface area (Å²) in [5, 5.41) is 3.06. The molecule has 1 rings (SSSR count). The summed E-state index contributed by atoms with van der Waals surface area (Å²) in [6, 6.07) is 0. The number of nitrogens with one attached hydrogen (secondary N) is 1. The Kier molecular flexibility index (Phi) is 5.44. The van der Waals surface area contributed by atoms with E-state index in [2.05, 4.69) is 19.2 Å². The van der Waals surface area contributed by atoms with Crippen molar-refractivity contribution in [3.63, 3.8) is 0 Å². The number of amides is 1. The first-order valence-electron chi connectivity index (χ1n) is 6.79. The van der Waals surface area contributed by atoms with E-state index in [0.29, 0.717) is 11.3 Å². The van der Waals surface area contributed by atoms with Gasteiger partial charge in [0.2, 0.25) is 5.91 Å². The lowest BCUT2D eigenvalue weighted by Crippen LogP contribution is -2.41. The maximum atomic E-state index is 11.7. The zero-order valence-corrected chi connectivity index (χ0v) is 11.7. The van der Waals surface area contributed by atoms with E-state index < -0.39 is 0 Å². The van der Waals surface area contributed by atoms with Crippen LogP contribution in [0.2, 0.25) is 0 Å². The molecule has 0 aliphatic heterocycles. The molecule has 0 aromatic carbocycles. The lowest BCUT2D eigenvalue weighted by atomic mass is 9.78. The molecule has 0 spiro atoms. The van der Waals surface area contributed by atoms with Crippen LogP contribution < -0.4 is 5.32 Å². The van der Waals surface area contributed by atoms with Gasteiger partial charge in [0.1, 0.15) is 6.10 Å². The van der Waals surface area contributed by atoms with E-state index in [1.807, 2.05) is 0 Å². The Morgan fingerprint density at radius 2 is 1.88 bits per heavy atom. The number of carbonyl (C=O) groups excluding carboxylic acids is 1. The van der Waals surface area contributed by atoms with E-state index in [4.69, 9.17) is 4.74 Å². The van der Waals surface area contributed by atoms with Gasteiger partial charge >= 0.3 is 0 Å². The average molecular weight is 241 g/mol. The van der Waals surface area contributed by atoms with Crippen molar-refractivity contribution in [3.05, 3.63) is 0 Å². The molecule has 1 amide bonds. The first-order valence-corrected chi connectivity index (χ1v) is 6.79. The van der Waals surface area contributed by atoms with Gasteiger partial charge in [0, 0.05) is 13.7 Å². The van der Waals surface area contributed by atoms with Gasteiger partial charge in [-0.15, -0.1) is 0 Å². The fourth-order valence-corrected chi connectivity index (χ4v) is 2.97. The third-order valence-electron chi connectivity index (χ3n) is 3.87. The molecule has 3 heteroatoms. The molecular weight excluding hydrogens is 214 g/mol. The quantitative estimate of drug-likeness (QED) is 0.776. The highest BCUT2D eigenvalue weighted by Gasteiger charge is 2.34. The molecule has 0 bridgehead atoms. The van der Waals surface area contributed by atoms with Crippen LogP contribution in [-0.2, 0) is 9.53 Å². The summed E-state index contributed by atoms with van der Waals surface area (Å²) in [6.45, 7) is 7.14. The third kappa shape index (κ3) is 4.30. The van der Waals surface area contributed by atoms with Gasteiger partial charge in [-0.2, -0.15) is 0 Å². The first kappa shape index (κ1) is 14.5. The molecule has 0 aromatic rings. The minimum absolute atomic E-state index is 0.0162. The van der Waals surface area contributed by atoms with Crippen LogP contribution in [0.4, 0.5) is 0 Å². The maximum Gasteiger partial charge on any atom is 0.248 e. The molecule has 17 heavy (non-hydrogen) atoms. The smallest absolute Gasteiger partial charge is 0.248 e. The molecule has 1 N–H and O–H groups in total. The minimum Gasteiger partial charge on any atom is -0.372 e. The minimum atomic E-state index is -0.340. The molecule has 1 aliphatic rings. The second kappa shape index (κ2) is 6.39. The van der Waals surface area contributed by atoms with Crippen LogP contribution in [0.1, 0.15) is 52.9 Å². The molecule has 1 saturated carbocycles. The molecule has 1 fully saturated rings. The summed E-state index contributed by atoms with van der Waals surface area (Å²) >= 11 is 0. The van der Waals surface area contributed by atoms with Crippen molar-refractivity contribution in [2.75, 3.05) is 13.7 Å². The summed E-state index contributed by atoms with van der Waals surface area (Å²) in [6.07, 6.45) is 6.01. The van der Waals surface area contributed by atoms with E-state index in [1.165, 1.54) is 32.1 Å². The van der Waals surface area contributed by atoms with Crippen molar-refractivity contribution in [1.82, 2.24) is 5.32 Å².